The average Bonchev–Trinajstić information content (AvgIpc) is 2.89. The quantitative estimate of drug-likeness (QED) is 0.800. The van der Waals surface area contributed by atoms with Crippen LogP contribution in [0.5, 0.6) is 0 Å². The van der Waals surface area contributed by atoms with E-state index in [0.717, 1.165) is 6.42 Å². The number of anilines is 1. The molecule has 2 N–H and O–H groups in total. The fourth-order valence-electron chi connectivity index (χ4n) is 1.80. The molecule has 0 bridgehead atoms. The van der Waals surface area contributed by atoms with Gasteiger partial charge in [0.25, 0.3) is 0 Å². The molecule has 0 radical (unpaired) electrons. The van der Waals surface area contributed by atoms with Crippen LogP contribution in [0, 0.1) is 0 Å². The number of benzene rings is 1. The monoisotopic (exact) mass is 309 g/mol. The molecule has 2 aromatic rings. The molecule has 2 rings (SSSR count). The highest BCUT2D eigenvalue weighted by atomic mass is 32.2. The zero-order chi connectivity index (χ0) is 15.3. The molecule has 1 aromatic heterocycles. The number of hydrogen-bond acceptors (Lipinski definition) is 5. The third kappa shape index (κ3) is 4.02. The zero-order valence-corrected chi connectivity index (χ0v) is 12.9. The Morgan fingerprint density at radius 1 is 1.29 bits per heavy atom. The number of nitrogens with zero attached hydrogens (tertiary/aromatic N) is 3. The van der Waals surface area contributed by atoms with E-state index in [4.69, 9.17) is 0 Å². The molecular weight excluding hydrogens is 290 g/mol. The molecule has 0 saturated carbocycles. The SMILES string of the molecule is CCCNS(=O)(=O)c1ccccc1NCc1ncn(C)n1. The molecule has 0 amide bonds. The van der Waals surface area contributed by atoms with Crippen molar-refractivity contribution in [2.75, 3.05) is 11.9 Å². The van der Waals surface area contributed by atoms with Gasteiger partial charge in [0.2, 0.25) is 10.0 Å². The molecule has 0 aliphatic carbocycles. The van der Waals surface area contributed by atoms with Crippen molar-refractivity contribution in [2.24, 2.45) is 7.05 Å². The smallest absolute Gasteiger partial charge is 0.242 e. The number of hydrogen-bond donors (Lipinski definition) is 2. The molecule has 114 valence electrons. The van der Waals surface area contributed by atoms with Crippen LogP contribution in [0.15, 0.2) is 35.5 Å². The number of para-hydroxylation sites is 1. The van der Waals surface area contributed by atoms with Gasteiger partial charge >= 0.3 is 0 Å². The van der Waals surface area contributed by atoms with Crippen molar-refractivity contribution in [3.8, 4) is 0 Å². The van der Waals surface area contributed by atoms with Gasteiger partial charge in [-0.2, -0.15) is 5.10 Å². The molecule has 0 aliphatic heterocycles. The standard InChI is InChI=1S/C13H19N5O2S/c1-3-8-16-21(19,20)12-7-5-4-6-11(12)14-9-13-15-10-18(2)17-13/h4-7,10,14,16H,3,8-9H2,1-2H3. The lowest BCUT2D eigenvalue weighted by Crippen LogP contribution is -2.25. The second kappa shape index (κ2) is 6.68. The summed E-state index contributed by atoms with van der Waals surface area (Å²) in [4.78, 5) is 4.33. The van der Waals surface area contributed by atoms with Crippen molar-refractivity contribution in [1.29, 1.82) is 0 Å². The van der Waals surface area contributed by atoms with Crippen molar-refractivity contribution in [1.82, 2.24) is 19.5 Å². The second-order valence-corrected chi connectivity index (χ2v) is 6.32. The van der Waals surface area contributed by atoms with Gasteiger partial charge in [-0.1, -0.05) is 19.1 Å². The van der Waals surface area contributed by atoms with Gasteiger partial charge in [0.05, 0.1) is 12.2 Å². The molecule has 1 aromatic carbocycles. The van der Waals surface area contributed by atoms with E-state index in [1.807, 2.05) is 6.92 Å². The van der Waals surface area contributed by atoms with E-state index in [9.17, 15) is 8.42 Å². The summed E-state index contributed by atoms with van der Waals surface area (Å²) >= 11 is 0. The number of aryl methyl sites for hydroxylation is 1. The van der Waals surface area contributed by atoms with Crippen molar-refractivity contribution in [2.45, 2.75) is 24.8 Å². The molecular formula is C13H19N5O2S. The van der Waals surface area contributed by atoms with Crippen LogP contribution >= 0.6 is 0 Å². The Bertz CT molecular complexity index is 696. The maximum atomic E-state index is 12.2. The first-order chi connectivity index (χ1) is 10.0. The first-order valence-corrected chi connectivity index (χ1v) is 8.18. The van der Waals surface area contributed by atoms with E-state index in [1.54, 1.807) is 42.3 Å². The summed E-state index contributed by atoms with van der Waals surface area (Å²) in [5.74, 6) is 0.603. The van der Waals surface area contributed by atoms with Crippen molar-refractivity contribution in [3.63, 3.8) is 0 Å². The Balaban J connectivity index is 2.16. The van der Waals surface area contributed by atoms with Crippen LogP contribution in [-0.4, -0.2) is 29.7 Å². The van der Waals surface area contributed by atoms with Gasteiger partial charge in [-0.25, -0.2) is 18.1 Å². The van der Waals surface area contributed by atoms with E-state index in [1.165, 1.54) is 0 Å². The van der Waals surface area contributed by atoms with Gasteiger partial charge in [-0.3, -0.25) is 4.68 Å². The van der Waals surface area contributed by atoms with Gasteiger partial charge in [-0.15, -0.1) is 0 Å². The highest BCUT2D eigenvalue weighted by Gasteiger charge is 2.17. The lowest BCUT2D eigenvalue weighted by atomic mass is 10.3. The fraction of sp³-hybridized carbons (Fsp3) is 0.385. The highest BCUT2D eigenvalue weighted by molar-refractivity contribution is 7.89. The van der Waals surface area contributed by atoms with Crippen LogP contribution in [0.1, 0.15) is 19.2 Å². The van der Waals surface area contributed by atoms with Crippen LogP contribution in [0.25, 0.3) is 0 Å². The molecule has 0 fully saturated rings. The predicted molar refractivity (Wildman–Crippen MR) is 80.3 cm³/mol. The maximum Gasteiger partial charge on any atom is 0.242 e. The number of sulfonamides is 1. The summed E-state index contributed by atoms with van der Waals surface area (Å²) in [5.41, 5.74) is 0.536. The molecule has 1 heterocycles. The van der Waals surface area contributed by atoms with E-state index >= 15 is 0 Å². The summed E-state index contributed by atoms with van der Waals surface area (Å²) in [5, 5.41) is 7.21. The van der Waals surface area contributed by atoms with Crippen molar-refractivity contribution in [3.05, 3.63) is 36.4 Å². The Morgan fingerprint density at radius 3 is 2.71 bits per heavy atom. The van der Waals surface area contributed by atoms with Crippen LogP contribution in [0.3, 0.4) is 0 Å². The summed E-state index contributed by atoms with van der Waals surface area (Å²) < 4.78 is 28.6. The van der Waals surface area contributed by atoms with Crippen molar-refractivity contribution < 1.29 is 8.42 Å². The van der Waals surface area contributed by atoms with Crippen LogP contribution in [0.4, 0.5) is 5.69 Å². The molecule has 0 saturated heterocycles. The number of aromatic nitrogens is 3. The predicted octanol–water partition coefficient (Wildman–Crippen LogP) is 1.12. The minimum absolute atomic E-state index is 0.231. The number of rotatable bonds is 7. The largest absolute Gasteiger partial charge is 0.377 e. The topological polar surface area (TPSA) is 88.9 Å². The lowest BCUT2D eigenvalue weighted by Gasteiger charge is -2.12. The third-order valence-corrected chi connectivity index (χ3v) is 4.32. The van der Waals surface area contributed by atoms with Crippen LogP contribution in [-0.2, 0) is 23.6 Å². The van der Waals surface area contributed by atoms with Gasteiger partial charge in [0.15, 0.2) is 5.82 Å². The zero-order valence-electron chi connectivity index (χ0n) is 12.1. The fourth-order valence-corrected chi connectivity index (χ4v) is 3.12. The van der Waals surface area contributed by atoms with Gasteiger partial charge < -0.3 is 5.32 Å². The van der Waals surface area contributed by atoms with E-state index in [-0.39, 0.29) is 4.90 Å². The minimum Gasteiger partial charge on any atom is -0.377 e. The summed E-state index contributed by atoms with van der Waals surface area (Å²) in [6, 6.07) is 6.79. The molecule has 0 aliphatic rings. The summed E-state index contributed by atoms with van der Waals surface area (Å²) in [6.45, 7) is 2.69. The Labute approximate surface area is 124 Å². The van der Waals surface area contributed by atoms with E-state index in [2.05, 4.69) is 20.1 Å². The molecule has 0 spiro atoms. The molecule has 8 heteroatoms. The average molecular weight is 309 g/mol. The highest BCUT2D eigenvalue weighted by Crippen LogP contribution is 2.20. The Kier molecular flexibility index (Phi) is 4.92. The first-order valence-electron chi connectivity index (χ1n) is 6.70. The summed E-state index contributed by atoms with van der Waals surface area (Å²) in [7, 11) is -1.73. The minimum atomic E-state index is -3.51. The van der Waals surface area contributed by atoms with Crippen LogP contribution < -0.4 is 10.0 Å². The van der Waals surface area contributed by atoms with Gasteiger partial charge in [0.1, 0.15) is 11.2 Å². The van der Waals surface area contributed by atoms with Crippen LogP contribution in [0.2, 0.25) is 0 Å². The Hall–Kier alpha value is -1.93. The molecule has 0 unspecified atom stereocenters. The normalized spacial score (nSPS) is 11.5. The molecule has 21 heavy (non-hydrogen) atoms. The second-order valence-electron chi connectivity index (χ2n) is 4.58. The maximum absolute atomic E-state index is 12.2. The van der Waals surface area contributed by atoms with Gasteiger partial charge in [0, 0.05) is 13.6 Å². The van der Waals surface area contributed by atoms with Crippen molar-refractivity contribution >= 4 is 15.7 Å². The Morgan fingerprint density at radius 2 is 2.05 bits per heavy atom. The third-order valence-electron chi connectivity index (χ3n) is 2.80. The van der Waals surface area contributed by atoms with E-state index in [0.29, 0.717) is 24.6 Å². The van der Waals surface area contributed by atoms with E-state index < -0.39 is 10.0 Å². The first kappa shape index (κ1) is 15.5. The lowest BCUT2D eigenvalue weighted by molar-refractivity contribution is 0.581. The molecule has 7 nitrogen and oxygen atoms in total. The van der Waals surface area contributed by atoms with Gasteiger partial charge in [-0.05, 0) is 18.6 Å². The number of nitrogens with one attached hydrogen (secondary N) is 2. The summed E-state index contributed by atoms with van der Waals surface area (Å²) in [6.07, 6.45) is 2.34. The molecule has 0 atom stereocenters.